The number of allylic oxidation sites excluding steroid dienone is 2. The fraction of sp³-hybridized carbons (Fsp3) is 0.600. The third-order valence-corrected chi connectivity index (χ3v) is 3.85. The van der Waals surface area contributed by atoms with Gasteiger partial charge in [-0.1, -0.05) is 12.2 Å². The summed E-state index contributed by atoms with van der Waals surface area (Å²) >= 11 is 0. The van der Waals surface area contributed by atoms with Crippen LogP contribution in [-0.4, -0.2) is 11.9 Å². The Bertz CT molecular complexity index is 344. The fourth-order valence-corrected chi connectivity index (χ4v) is 3.06. The molecule has 2 fully saturated rings. The Kier molecular flexibility index (Phi) is 1.05. The number of fused-ring (bicyclic) bond motifs is 5. The second kappa shape index (κ2) is 1.86. The zero-order valence-electron chi connectivity index (χ0n) is 7.32. The Labute approximate surface area is 75.8 Å². The normalized spacial score (nSPS) is 51.3. The molecule has 0 radical (unpaired) electrons. The van der Waals surface area contributed by atoms with Gasteiger partial charge in [0.1, 0.15) is 0 Å². The van der Waals surface area contributed by atoms with E-state index in [1.807, 2.05) is 6.92 Å². The molecular weight excluding hydrogens is 168 g/mol. The molecule has 1 heterocycles. The summed E-state index contributed by atoms with van der Waals surface area (Å²) in [7, 11) is 0. The van der Waals surface area contributed by atoms with Crippen molar-refractivity contribution in [3.8, 4) is 0 Å². The number of rotatable bonds is 0. The minimum atomic E-state index is -0.545. The largest absolute Gasteiger partial charge is 0.392 e. The second-order valence-corrected chi connectivity index (χ2v) is 4.36. The number of esters is 2. The molecule has 3 rings (SSSR count). The first kappa shape index (κ1) is 7.30. The van der Waals surface area contributed by atoms with E-state index < -0.39 is 5.41 Å². The highest BCUT2D eigenvalue weighted by Crippen LogP contribution is 2.59. The van der Waals surface area contributed by atoms with Crippen LogP contribution in [0.4, 0.5) is 0 Å². The summed E-state index contributed by atoms with van der Waals surface area (Å²) in [5, 5.41) is 0. The smallest absolute Gasteiger partial charge is 0.320 e. The van der Waals surface area contributed by atoms with Crippen LogP contribution in [0.3, 0.4) is 0 Å². The van der Waals surface area contributed by atoms with E-state index in [2.05, 4.69) is 12.2 Å². The first-order valence-corrected chi connectivity index (χ1v) is 4.58. The van der Waals surface area contributed by atoms with E-state index in [0.29, 0.717) is 0 Å². The lowest BCUT2D eigenvalue weighted by molar-refractivity contribution is -0.156. The van der Waals surface area contributed by atoms with E-state index in [0.717, 1.165) is 6.42 Å². The van der Waals surface area contributed by atoms with Crippen molar-refractivity contribution in [2.75, 3.05) is 0 Å². The Morgan fingerprint density at radius 3 is 2.92 bits per heavy atom. The number of hydrogen-bond donors (Lipinski definition) is 0. The van der Waals surface area contributed by atoms with E-state index >= 15 is 0 Å². The van der Waals surface area contributed by atoms with Crippen molar-refractivity contribution in [1.29, 1.82) is 0 Å². The summed E-state index contributed by atoms with van der Waals surface area (Å²) in [5.74, 6) is -0.367. The van der Waals surface area contributed by atoms with Gasteiger partial charge in [0.25, 0.3) is 0 Å². The molecule has 3 heteroatoms. The number of carbonyl (C=O) groups is 2. The van der Waals surface area contributed by atoms with Crippen molar-refractivity contribution >= 4 is 11.9 Å². The van der Waals surface area contributed by atoms with Crippen LogP contribution in [0.2, 0.25) is 0 Å². The molecule has 1 saturated heterocycles. The van der Waals surface area contributed by atoms with Crippen LogP contribution in [0, 0.1) is 23.2 Å². The van der Waals surface area contributed by atoms with Crippen molar-refractivity contribution < 1.29 is 14.3 Å². The first-order valence-electron chi connectivity index (χ1n) is 4.58. The zero-order valence-corrected chi connectivity index (χ0v) is 7.32. The Morgan fingerprint density at radius 2 is 2.23 bits per heavy atom. The van der Waals surface area contributed by atoms with E-state index in [1.54, 1.807) is 0 Å². The summed E-state index contributed by atoms with van der Waals surface area (Å²) in [5.41, 5.74) is -0.545. The molecular formula is C10H10O3. The lowest BCUT2D eigenvalue weighted by Gasteiger charge is -2.25. The summed E-state index contributed by atoms with van der Waals surface area (Å²) in [6.07, 6.45) is 5.06. The minimum absolute atomic E-state index is 0.199. The van der Waals surface area contributed by atoms with Crippen LogP contribution in [0.1, 0.15) is 13.3 Å². The molecule has 3 nitrogen and oxygen atoms in total. The van der Waals surface area contributed by atoms with E-state index in [1.165, 1.54) is 0 Å². The molecule has 13 heavy (non-hydrogen) atoms. The number of cyclic esters (lactones) is 2. The zero-order chi connectivity index (χ0) is 9.22. The molecule has 0 aromatic rings. The molecule has 4 atom stereocenters. The average molecular weight is 178 g/mol. The van der Waals surface area contributed by atoms with Crippen molar-refractivity contribution in [3.63, 3.8) is 0 Å². The molecule has 0 aromatic carbocycles. The summed E-state index contributed by atoms with van der Waals surface area (Å²) in [4.78, 5) is 22.9. The molecule has 2 aliphatic carbocycles. The van der Waals surface area contributed by atoms with Gasteiger partial charge in [0.15, 0.2) is 0 Å². The van der Waals surface area contributed by atoms with Crippen molar-refractivity contribution in [1.82, 2.24) is 0 Å². The van der Waals surface area contributed by atoms with E-state index in [4.69, 9.17) is 4.74 Å². The van der Waals surface area contributed by atoms with Crippen molar-refractivity contribution in [3.05, 3.63) is 12.2 Å². The van der Waals surface area contributed by atoms with E-state index in [-0.39, 0.29) is 29.7 Å². The summed E-state index contributed by atoms with van der Waals surface area (Å²) < 4.78 is 4.69. The number of carbonyl (C=O) groups excluding carboxylic acids is 2. The molecule has 0 N–H and O–H groups in total. The van der Waals surface area contributed by atoms with Crippen LogP contribution in [0.25, 0.3) is 0 Å². The van der Waals surface area contributed by atoms with Crippen LogP contribution in [0.5, 0.6) is 0 Å². The highest BCUT2D eigenvalue weighted by atomic mass is 16.6. The van der Waals surface area contributed by atoms with Gasteiger partial charge < -0.3 is 4.74 Å². The molecule has 3 aliphatic rings. The van der Waals surface area contributed by atoms with Crippen LogP contribution >= 0.6 is 0 Å². The number of ether oxygens (including phenoxy) is 1. The van der Waals surface area contributed by atoms with Crippen LogP contribution < -0.4 is 0 Å². The molecule has 68 valence electrons. The van der Waals surface area contributed by atoms with Crippen LogP contribution in [0.15, 0.2) is 12.2 Å². The highest BCUT2D eigenvalue weighted by molar-refractivity contribution is 6.00. The topological polar surface area (TPSA) is 43.4 Å². The average Bonchev–Trinajstić information content (AvgIpc) is 2.66. The molecule has 2 bridgehead atoms. The lowest BCUT2D eigenvalue weighted by Crippen LogP contribution is -2.34. The Balaban J connectivity index is 2.17. The Morgan fingerprint density at radius 1 is 1.46 bits per heavy atom. The van der Waals surface area contributed by atoms with Gasteiger partial charge in [0.2, 0.25) is 0 Å². The maximum Gasteiger partial charge on any atom is 0.320 e. The number of hydrogen-bond acceptors (Lipinski definition) is 3. The maximum atomic E-state index is 11.5. The first-order chi connectivity index (χ1) is 6.14. The van der Waals surface area contributed by atoms with Gasteiger partial charge in [-0.15, -0.1) is 0 Å². The molecule has 1 aliphatic heterocycles. The predicted octanol–water partition coefficient (Wildman–Crippen LogP) is 0.898. The minimum Gasteiger partial charge on any atom is -0.392 e. The lowest BCUT2D eigenvalue weighted by atomic mass is 9.72. The van der Waals surface area contributed by atoms with Gasteiger partial charge in [-0.2, -0.15) is 0 Å². The molecule has 0 amide bonds. The monoisotopic (exact) mass is 178 g/mol. The predicted molar refractivity (Wildman–Crippen MR) is 43.4 cm³/mol. The summed E-state index contributed by atoms with van der Waals surface area (Å²) in [6.45, 7) is 1.86. The Hall–Kier alpha value is -1.12. The SMILES string of the molecule is C[C@@]12C(=O)OC(=O)[C@H]1[C@H]1C=C[C@H]2C1. The van der Waals surface area contributed by atoms with E-state index in [9.17, 15) is 9.59 Å². The van der Waals surface area contributed by atoms with Gasteiger partial charge >= 0.3 is 11.9 Å². The van der Waals surface area contributed by atoms with Gasteiger partial charge in [0, 0.05) is 0 Å². The van der Waals surface area contributed by atoms with Crippen molar-refractivity contribution in [2.24, 2.45) is 23.2 Å². The maximum absolute atomic E-state index is 11.5. The third kappa shape index (κ3) is 0.598. The van der Waals surface area contributed by atoms with Gasteiger partial charge in [0.05, 0.1) is 11.3 Å². The molecule has 1 saturated carbocycles. The highest BCUT2D eigenvalue weighted by Gasteiger charge is 2.66. The van der Waals surface area contributed by atoms with Gasteiger partial charge in [-0.25, -0.2) is 0 Å². The molecule has 0 unspecified atom stereocenters. The summed E-state index contributed by atoms with van der Waals surface area (Å²) in [6, 6.07) is 0. The fourth-order valence-electron chi connectivity index (χ4n) is 3.06. The second-order valence-electron chi connectivity index (χ2n) is 4.36. The van der Waals surface area contributed by atoms with Crippen molar-refractivity contribution in [2.45, 2.75) is 13.3 Å². The standard InChI is InChI=1S/C10H10O3/c1-10-6-3-2-5(4-6)7(10)8(11)13-9(10)12/h2-3,5-7H,4H2,1H3/t5-,6-,7+,10-/m0/s1. The van der Waals surface area contributed by atoms with Crippen LogP contribution in [-0.2, 0) is 14.3 Å². The third-order valence-electron chi connectivity index (χ3n) is 3.85. The van der Waals surface area contributed by atoms with Gasteiger partial charge in [-0.05, 0) is 25.2 Å². The quantitative estimate of drug-likeness (QED) is 0.314. The molecule has 0 spiro atoms. The molecule has 0 aromatic heterocycles. The van der Waals surface area contributed by atoms with Gasteiger partial charge in [-0.3, -0.25) is 9.59 Å².